The van der Waals surface area contributed by atoms with Crippen molar-refractivity contribution in [3.05, 3.63) is 23.3 Å². The van der Waals surface area contributed by atoms with E-state index in [2.05, 4.69) is 0 Å². The zero-order valence-corrected chi connectivity index (χ0v) is 8.20. The van der Waals surface area contributed by atoms with Crippen molar-refractivity contribution < 1.29 is 22.0 Å². The summed E-state index contributed by atoms with van der Waals surface area (Å²) in [6.07, 6.45) is -5.65. The molecule has 0 heterocycles. The molecule has 0 atom stereocenters. The Morgan fingerprint density at radius 3 is 1.94 bits per heavy atom. The largest absolute Gasteiger partial charge is 0.458 e. The minimum absolute atomic E-state index is 0.0285. The fraction of sp³-hybridized carbons (Fsp3) is 0.333. The number of hydrogen-bond donors (Lipinski definition) is 2. The van der Waals surface area contributed by atoms with E-state index in [0.29, 0.717) is 6.07 Å². The molecule has 0 aromatic heterocycles. The highest BCUT2D eigenvalue weighted by atomic mass is 19.4. The molecule has 16 heavy (non-hydrogen) atoms. The molecule has 0 fully saturated rings. The minimum atomic E-state index is -5.65. The van der Waals surface area contributed by atoms with Crippen molar-refractivity contribution >= 4 is 11.4 Å². The number of hydrogen-bond acceptors (Lipinski definition) is 2. The van der Waals surface area contributed by atoms with Gasteiger partial charge in [0.25, 0.3) is 0 Å². The van der Waals surface area contributed by atoms with E-state index >= 15 is 0 Å². The summed E-state index contributed by atoms with van der Waals surface area (Å²) >= 11 is 0. The van der Waals surface area contributed by atoms with Gasteiger partial charge in [0.1, 0.15) is 0 Å². The average molecular weight is 240 g/mol. The zero-order valence-electron chi connectivity index (χ0n) is 8.20. The van der Waals surface area contributed by atoms with Gasteiger partial charge in [0, 0.05) is 5.56 Å². The van der Waals surface area contributed by atoms with Gasteiger partial charge < -0.3 is 11.5 Å². The van der Waals surface area contributed by atoms with Crippen LogP contribution in [-0.2, 0) is 5.92 Å². The Kier molecular flexibility index (Phi) is 2.74. The number of nitrogens with two attached hydrogens (primary N) is 2. The first-order chi connectivity index (χ1) is 7.09. The molecule has 0 aliphatic rings. The molecule has 0 saturated carbocycles. The van der Waals surface area contributed by atoms with Crippen LogP contribution in [0, 0.1) is 6.92 Å². The highest BCUT2D eigenvalue weighted by Gasteiger charge is 2.59. The van der Waals surface area contributed by atoms with Crippen LogP contribution in [-0.4, -0.2) is 6.18 Å². The Balaban J connectivity index is 3.41. The van der Waals surface area contributed by atoms with E-state index in [1.54, 1.807) is 0 Å². The molecule has 0 bridgehead atoms. The first-order valence-corrected chi connectivity index (χ1v) is 4.18. The van der Waals surface area contributed by atoms with Crippen LogP contribution in [0.15, 0.2) is 12.1 Å². The smallest absolute Gasteiger partial charge is 0.397 e. The Bertz CT molecular complexity index is 411. The van der Waals surface area contributed by atoms with Gasteiger partial charge in [-0.25, -0.2) is 0 Å². The van der Waals surface area contributed by atoms with E-state index in [1.165, 1.54) is 0 Å². The SMILES string of the molecule is Cc1c(C(F)(F)C(F)(F)F)ccc(N)c1N. The molecule has 0 unspecified atom stereocenters. The first kappa shape index (κ1) is 12.5. The predicted octanol–water partition coefficient (Wildman–Crippen LogP) is 2.81. The summed E-state index contributed by atoms with van der Waals surface area (Å²) in [5, 5.41) is 0. The highest BCUT2D eigenvalue weighted by Crippen LogP contribution is 2.46. The third kappa shape index (κ3) is 1.77. The van der Waals surface area contributed by atoms with Gasteiger partial charge in [-0.3, -0.25) is 0 Å². The fourth-order valence-electron chi connectivity index (χ4n) is 1.24. The lowest BCUT2D eigenvalue weighted by atomic mass is 9.99. The third-order valence-corrected chi connectivity index (χ3v) is 2.24. The quantitative estimate of drug-likeness (QED) is 0.585. The first-order valence-electron chi connectivity index (χ1n) is 4.18. The van der Waals surface area contributed by atoms with E-state index in [0.717, 1.165) is 13.0 Å². The molecule has 90 valence electrons. The molecule has 2 nitrogen and oxygen atoms in total. The number of anilines is 2. The third-order valence-electron chi connectivity index (χ3n) is 2.24. The van der Waals surface area contributed by atoms with Gasteiger partial charge in [-0.2, -0.15) is 22.0 Å². The second-order valence-electron chi connectivity index (χ2n) is 3.31. The van der Waals surface area contributed by atoms with Crippen LogP contribution in [0.3, 0.4) is 0 Å². The molecule has 0 saturated heterocycles. The lowest BCUT2D eigenvalue weighted by molar-refractivity contribution is -0.289. The van der Waals surface area contributed by atoms with Crippen LogP contribution in [0.25, 0.3) is 0 Å². The van der Waals surface area contributed by atoms with Crippen LogP contribution in [0.1, 0.15) is 11.1 Å². The summed E-state index contributed by atoms with van der Waals surface area (Å²) in [4.78, 5) is 0. The molecule has 4 N–H and O–H groups in total. The maximum absolute atomic E-state index is 13.0. The van der Waals surface area contributed by atoms with Crippen molar-refractivity contribution in [1.82, 2.24) is 0 Å². The Labute approximate surface area is 88.0 Å². The molecule has 1 aromatic carbocycles. The van der Waals surface area contributed by atoms with E-state index in [9.17, 15) is 22.0 Å². The normalized spacial score (nSPS) is 12.9. The van der Waals surface area contributed by atoms with Crippen molar-refractivity contribution in [3.8, 4) is 0 Å². The number of halogens is 5. The molecule has 0 aliphatic heterocycles. The Morgan fingerprint density at radius 1 is 1.00 bits per heavy atom. The van der Waals surface area contributed by atoms with E-state index in [-0.39, 0.29) is 16.9 Å². The van der Waals surface area contributed by atoms with Gasteiger partial charge in [-0.05, 0) is 18.6 Å². The van der Waals surface area contributed by atoms with Crippen LogP contribution in [0.5, 0.6) is 0 Å². The summed E-state index contributed by atoms with van der Waals surface area (Å²) in [7, 11) is 0. The topological polar surface area (TPSA) is 52.0 Å². The number of nitrogen functional groups attached to an aromatic ring is 2. The van der Waals surface area contributed by atoms with Crippen LogP contribution < -0.4 is 11.5 Å². The zero-order chi connectivity index (χ0) is 12.7. The van der Waals surface area contributed by atoms with Gasteiger partial charge in [0.05, 0.1) is 11.4 Å². The van der Waals surface area contributed by atoms with E-state index in [4.69, 9.17) is 11.5 Å². The molecular formula is C9H9F5N2. The van der Waals surface area contributed by atoms with Crippen LogP contribution in [0.4, 0.5) is 33.3 Å². The van der Waals surface area contributed by atoms with Crippen molar-refractivity contribution in [3.63, 3.8) is 0 Å². The lowest BCUT2D eigenvalue weighted by Gasteiger charge is -2.22. The molecular weight excluding hydrogens is 231 g/mol. The summed E-state index contributed by atoms with van der Waals surface area (Å²) in [5.74, 6) is -4.93. The van der Waals surface area contributed by atoms with Crippen LogP contribution in [0.2, 0.25) is 0 Å². The molecule has 0 amide bonds. The summed E-state index contributed by atoms with van der Waals surface area (Å²) in [6, 6.07) is 1.56. The maximum Gasteiger partial charge on any atom is 0.458 e. The monoisotopic (exact) mass is 240 g/mol. The molecule has 0 spiro atoms. The van der Waals surface area contributed by atoms with Gasteiger partial charge in [0.15, 0.2) is 0 Å². The summed E-state index contributed by atoms with van der Waals surface area (Å²) < 4.78 is 62.4. The number of rotatable bonds is 1. The molecule has 1 rings (SSSR count). The predicted molar refractivity (Wildman–Crippen MR) is 50.0 cm³/mol. The fourth-order valence-corrected chi connectivity index (χ4v) is 1.24. The lowest BCUT2D eigenvalue weighted by Crippen LogP contribution is -2.34. The Morgan fingerprint density at radius 2 is 1.50 bits per heavy atom. The van der Waals surface area contributed by atoms with Crippen molar-refractivity contribution in [2.75, 3.05) is 11.5 Å². The van der Waals surface area contributed by atoms with Gasteiger partial charge >= 0.3 is 12.1 Å². The minimum Gasteiger partial charge on any atom is -0.397 e. The van der Waals surface area contributed by atoms with Gasteiger partial charge in [-0.1, -0.05) is 6.07 Å². The molecule has 0 radical (unpaired) electrons. The van der Waals surface area contributed by atoms with Crippen LogP contribution >= 0.6 is 0 Å². The summed E-state index contributed by atoms with van der Waals surface area (Å²) in [6.45, 7) is 1.07. The Hall–Kier alpha value is -1.53. The van der Waals surface area contributed by atoms with Crippen molar-refractivity contribution in [2.45, 2.75) is 19.0 Å². The molecule has 7 heteroatoms. The summed E-state index contributed by atoms with van der Waals surface area (Å²) in [5.41, 5.74) is 8.76. The maximum atomic E-state index is 13.0. The highest BCUT2D eigenvalue weighted by molar-refractivity contribution is 5.69. The van der Waals surface area contributed by atoms with Crippen molar-refractivity contribution in [1.29, 1.82) is 0 Å². The van der Waals surface area contributed by atoms with Crippen molar-refractivity contribution in [2.24, 2.45) is 0 Å². The molecule has 0 aliphatic carbocycles. The van der Waals surface area contributed by atoms with E-state index in [1.807, 2.05) is 0 Å². The standard InChI is InChI=1S/C9H9F5N2/c1-4-5(2-3-6(15)7(4)16)8(10,11)9(12,13)14/h2-3H,15-16H2,1H3. The van der Waals surface area contributed by atoms with Gasteiger partial charge in [-0.15, -0.1) is 0 Å². The second kappa shape index (κ2) is 3.50. The number of benzene rings is 1. The second-order valence-corrected chi connectivity index (χ2v) is 3.31. The average Bonchev–Trinajstić information content (AvgIpc) is 2.12. The van der Waals surface area contributed by atoms with E-state index < -0.39 is 17.7 Å². The van der Waals surface area contributed by atoms with Gasteiger partial charge in [0.2, 0.25) is 0 Å². The molecule has 1 aromatic rings. The number of alkyl halides is 5.